The van der Waals surface area contributed by atoms with Crippen molar-refractivity contribution < 1.29 is 14.3 Å². The number of anilines is 2. The van der Waals surface area contributed by atoms with Gasteiger partial charge in [0.15, 0.2) is 0 Å². The van der Waals surface area contributed by atoms with E-state index in [2.05, 4.69) is 33.3 Å². The minimum atomic E-state index is -0.0275. The minimum Gasteiger partial charge on any atom is -0.489 e. The second-order valence-corrected chi connectivity index (χ2v) is 8.77. The van der Waals surface area contributed by atoms with Gasteiger partial charge in [-0.2, -0.15) is 0 Å². The van der Waals surface area contributed by atoms with E-state index < -0.39 is 0 Å². The van der Waals surface area contributed by atoms with E-state index in [1.54, 1.807) is 7.11 Å². The molecule has 1 N–H and O–H groups in total. The Morgan fingerprint density at radius 1 is 1.03 bits per heavy atom. The van der Waals surface area contributed by atoms with Crippen LogP contribution in [0.1, 0.15) is 44.7 Å². The first-order valence-electron chi connectivity index (χ1n) is 11.6. The fraction of sp³-hybridized carbons (Fsp3) is 0.520. The summed E-state index contributed by atoms with van der Waals surface area (Å²) < 4.78 is 11.8. The summed E-state index contributed by atoms with van der Waals surface area (Å²) in [7, 11) is 1.79. The number of amides is 1. The summed E-state index contributed by atoms with van der Waals surface area (Å²) in [5.74, 6) is 2.86. The molecule has 1 unspecified atom stereocenters. The van der Waals surface area contributed by atoms with Crippen molar-refractivity contribution in [2.75, 3.05) is 43.1 Å². The zero-order chi connectivity index (χ0) is 22.5. The summed E-state index contributed by atoms with van der Waals surface area (Å²) >= 11 is 0. The molecule has 1 amide bonds. The number of hydrogen-bond acceptors (Lipinski definition) is 6. The number of carbonyl (C=O) groups is 1. The Morgan fingerprint density at radius 3 is 2.41 bits per heavy atom. The average Bonchev–Trinajstić information content (AvgIpc) is 3.28. The van der Waals surface area contributed by atoms with Crippen LogP contribution in [0.5, 0.6) is 5.75 Å². The number of aromatic nitrogens is 1. The van der Waals surface area contributed by atoms with Crippen LogP contribution < -0.4 is 19.9 Å². The molecule has 2 saturated heterocycles. The molecule has 172 valence electrons. The molecule has 4 rings (SSSR count). The first kappa shape index (κ1) is 22.4. The van der Waals surface area contributed by atoms with Gasteiger partial charge in [-0.3, -0.25) is 4.79 Å². The van der Waals surface area contributed by atoms with Gasteiger partial charge < -0.3 is 24.6 Å². The number of methoxy groups -OCH3 is 1. The normalized spacial score (nSPS) is 22.0. The van der Waals surface area contributed by atoms with E-state index in [4.69, 9.17) is 14.5 Å². The molecule has 1 aromatic heterocycles. The van der Waals surface area contributed by atoms with Crippen molar-refractivity contribution in [3.8, 4) is 5.75 Å². The van der Waals surface area contributed by atoms with Crippen LogP contribution in [0.2, 0.25) is 0 Å². The number of nitrogens with one attached hydrogen (secondary N) is 1. The van der Waals surface area contributed by atoms with Crippen LogP contribution in [0.15, 0.2) is 42.5 Å². The van der Waals surface area contributed by atoms with Gasteiger partial charge in [0.2, 0.25) is 5.91 Å². The zero-order valence-corrected chi connectivity index (χ0v) is 19.3. The Hall–Kier alpha value is -2.80. The summed E-state index contributed by atoms with van der Waals surface area (Å²) in [6.07, 6.45) is 3.63. The van der Waals surface area contributed by atoms with E-state index in [1.807, 2.05) is 31.2 Å². The van der Waals surface area contributed by atoms with Crippen LogP contribution in [0, 0.1) is 0 Å². The third kappa shape index (κ3) is 5.51. The summed E-state index contributed by atoms with van der Waals surface area (Å²) in [5.41, 5.74) is 1.06. The molecular formula is C25H34N4O3. The van der Waals surface area contributed by atoms with Crippen LogP contribution in [0.25, 0.3) is 0 Å². The minimum absolute atomic E-state index is 0.0130. The van der Waals surface area contributed by atoms with E-state index in [9.17, 15) is 4.79 Å². The smallest absolute Gasteiger partial charge is 0.217 e. The van der Waals surface area contributed by atoms with E-state index in [0.29, 0.717) is 0 Å². The van der Waals surface area contributed by atoms with Gasteiger partial charge >= 0.3 is 0 Å². The lowest BCUT2D eigenvalue weighted by Crippen LogP contribution is -2.39. The highest BCUT2D eigenvalue weighted by molar-refractivity contribution is 5.73. The molecule has 2 aliphatic rings. The Morgan fingerprint density at radius 2 is 1.72 bits per heavy atom. The Labute approximate surface area is 190 Å². The van der Waals surface area contributed by atoms with Gasteiger partial charge in [0.1, 0.15) is 23.5 Å². The predicted molar refractivity (Wildman–Crippen MR) is 126 cm³/mol. The highest BCUT2D eigenvalue weighted by atomic mass is 16.5. The maximum Gasteiger partial charge on any atom is 0.217 e. The lowest BCUT2D eigenvalue weighted by molar-refractivity contribution is -0.119. The first-order chi connectivity index (χ1) is 15.5. The lowest BCUT2D eigenvalue weighted by atomic mass is 10.1. The molecule has 2 aliphatic heterocycles. The fourth-order valence-corrected chi connectivity index (χ4v) is 4.55. The van der Waals surface area contributed by atoms with E-state index in [-0.39, 0.29) is 24.2 Å². The maximum absolute atomic E-state index is 11.3. The van der Waals surface area contributed by atoms with Crippen molar-refractivity contribution in [3.63, 3.8) is 0 Å². The van der Waals surface area contributed by atoms with Gasteiger partial charge in [-0.05, 0) is 49.6 Å². The summed E-state index contributed by atoms with van der Waals surface area (Å²) in [4.78, 5) is 20.8. The molecule has 7 heteroatoms. The molecule has 0 radical (unpaired) electrons. The fourth-order valence-electron chi connectivity index (χ4n) is 4.55. The lowest BCUT2D eigenvalue weighted by Gasteiger charge is -2.33. The van der Waals surface area contributed by atoms with Gasteiger partial charge in [0.05, 0.1) is 18.7 Å². The van der Waals surface area contributed by atoms with E-state index in [0.717, 1.165) is 68.4 Å². The standard InChI is InChI=1S/C25H34N4O3/c1-18(26-19(2)30)20-9-11-21(12-10-20)32-23-13-15-29(17-23)25-8-4-7-24(27-25)28-14-5-6-22(16-28)31-3/h4,7-12,18,22-23H,5-6,13-17H2,1-3H3,(H,26,30)/t18-,22?,23+/m0/s1. The van der Waals surface area contributed by atoms with Crippen LogP contribution in [-0.2, 0) is 9.53 Å². The molecule has 7 nitrogen and oxygen atoms in total. The van der Waals surface area contributed by atoms with Crippen LogP contribution in [-0.4, -0.2) is 56.4 Å². The number of carbonyl (C=O) groups excluding carboxylic acids is 1. The molecule has 3 atom stereocenters. The molecule has 0 saturated carbocycles. The van der Waals surface area contributed by atoms with E-state index in [1.165, 1.54) is 6.92 Å². The van der Waals surface area contributed by atoms with Crippen molar-refractivity contribution in [1.29, 1.82) is 0 Å². The third-order valence-corrected chi connectivity index (χ3v) is 6.33. The molecular weight excluding hydrogens is 404 g/mol. The number of benzene rings is 1. The highest BCUT2D eigenvalue weighted by Gasteiger charge is 2.26. The number of pyridine rings is 1. The molecule has 1 aromatic carbocycles. The first-order valence-corrected chi connectivity index (χ1v) is 11.6. The molecule has 2 aromatic rings. The molecule has 0 bridgehead atoms. The third-order valence-electron chi connectivity index (χ3n) is 6.33. The predicted octanol–water partition coefficient (Wildman–Crippen LogP) is 3.55. The number of nitrogens with zero attached hydrogens (tertiary/aromatic N) is 3. The van der Waals surface area contributed by atoms with Crippen molar-refractivity contribution in [2.24, 2.45) is 0 Å². The monoisotopic (exact) mass is 438 g/mol. The van der Waals surface area contributed by atoms with Crippen molar-refractivity contribution in [3.05, 3.63) is 48.0 Å². The highest BCUT2D eigenvalue weighted by Crippen LogP contribution is 2.26. The molecule has 0 spiro atoms. The molecule has 3 heterocycles. The summed E-state index contributed by atoms with van der Waals surface area (Å²) in [6.45, 7) is 7.19. The number of ether oxygens (including phenoxy) is 2. The Kier molecular flexibility index (Phi) is 7.15. The van der Waals surface area contributed by atoms with Gasteiger partial charge in [-0.1, -0.05) is 18.2 Å². The van der Waals surface area contributed by atoms with Crippen LogP contribution >= 0.6 is 0 Å². The number of rotatable bonds is 7. The van der Waals surface area contributed by atoms with Crippen molar-refractivity contribution in [1.82, 2.24) is 10.3 Å². The zero-order valence-electron chi connectivity index (χ0n) is 19.3. The number of hydrogen-bond donors (Lipinski definition) is 1. The molecule has 2 fully saturated rings. The summed E-state index contributed by atoms with van der Waals surface area (Å²) in [5, 5.41) is 2.91. The van der Waals surface area contributed by atoms with Gasteiger partial charge in [0, 0.05) is 40.1 Å². The largest absolute Gasteiger partial charge is 0.489 e. The second kappa shape index (κ2) is 10.2. The average molecular weight is 439 g/mol. The SMILES string of the molecule is COC1CCCN(c2cccc(N3CC[C@@H](Oc4ccc([C@H](C)NC(C)=O)cc4)C3)n2)C1. The molecule has 0 aliphatic carbocycles. The Bertz CT molecular complexity index is 904. The molecule has 32 heavy (non-hydrogen) atoms. The van der Waals surface area contributed by atoms with Crippen molar-refractivity contribution >= 4 is 17.5 Å². The maximum atomic E-state index is 11.3. The van der Waals surface area contributed by atoms with Crippen molar-refractivity contribution in [2.45, 2.75) is 51.4 Å². The van der Waals surface area contributed by atoms with Crippen LogP contribution in [0.4, 0.5) is 11.6 Å². The number of piperidine rings is 1. The topological polar surface area (TPSA) is 66.9 Å². The van der Waals surface area contributed by atoms with Gasteiger partial charge in [-0.15, -0.1) is 0 Å². The summed E-state index contributed by atoms with van der Waals surface area (Å²) in [6, 6.07) is 14.3. The Balaban J connectivity index is 1.34. The van der Waals surface area contributed by atoms with Gasteiger partial charge in [-0.25, -0.2) is 4.98 Å². The van der Waals surface area contributed by atoms with Crippen LogP contribution in [0.3, 0.4) is 0 Å². The second-order valence-electron chi connectivity index (χ2n) is 8.77. The quantitative estimate of drug-likeness (QED) is 0.713. The van der Waals surface area contributed by atoms with Gasteiger partial charge in [0.25, 0.3) is 0 Å². The van der Waals surface area contributed by atoms with E-state index >= 15 is 0 Å².